The summed E-state index contributed by atoms with van der Waals surface area (Å²) in [6.07, 6.45) is -3.26. The molecule has 1 heterocycles. The fourth-order valence-electron chi connectivity index (χ4n) is 4.31. The number of carbonyl (C=O) groups is 2. The standard InChI is InChI=1S/C32H33F3N4O6/c33-32(34,35)44-26-10-6-9-22(19-26)16-18-42-25-14-12-23(13-15-25)20-28-38-30(39-45-28)29(40)27(11-4-5-17-36)37-31(41)43-21-24-7-2-1-3-8-24/h1-3,6-10,12-15,19,27H,4-5,11,16-18,20-21,36H2,(H,37,41). The number of ether oxygens (including phenoxy) is 3. The van der Waals surface area contributed by atoms with Crippen molar-refractivity contribution in [3.63, 3.8) is 0 Å². The van der Waals surface area contributed by atoms with Gasteiger partial charge in [0, 0.05) is 6.42 Å². The van der Waals surface area contributed by atoms with Gasteiger partial charge < -0.3 is 29.8 Å². The average molecular weight is 627 g/mol. The smallest absolute Gasteiger partial charge is 0.493 e. The summed E-state index contributed by atoms with van der Waals surface area (Å²) in [5.74, 6) is -0.169. The van der Waals surface area contributed by atoms with Crippen LogP contribution < -0.4 is 20.5 Å². The van der Waals surface area contributed by atoms with Crippen LogP contribution in [-0.4, -0.2) is 47.6 Å². The molecule has 0 radical (unpaired) electrons. The van der Waals surface area contributed by atoms with Crippen LogP contribution in [0.5, 0.6) is 11.5 Å². The molecule has 4 rings (SSSR count). The first-order chi connectivity index (χ1) is 21.7. The average Bonchev–Trinajstić information content (AvgIpc) is 3.48. The van der Waals surface area contributed by atoms with Crippen LogP contribution in [0.1, 0.15) is 52.5 Å². The number of unbranched alkanes of at least 4 members (excludes halogenated alkanes) is 1. The summed E-state index contributed by atoms with van der Waals surface area (Å²) in [6.45, 7) is 0.746. The lowest BCUT2D eigenvalue weighted by atomic mass is 10.0. The molecule has 3 aromatic carbocycles. The second-order valence-corrected chi connectivity index (χ2v) is 10.0. The molecule has 0 aliphatic heterocycles. The molecule has 3 N–H and O–H groups in total. The highest BCUT2D eigenvalue weighted by Crippen LogP contribution is 2.24. The van der Waals surface area contributed by atoms with Gasteiger partial charge >= 0.3 is 12.5 Å². The van der Waals surface area contributed by atoms with Gasteiger partial charge in [-0.05, 0) is 66.8 Å². The van der Waals surface area contributed by atoms with E-state index in [9.17, 15) is 22.8 Å². The fourth-order valence-corrected chi connectivity index (χ4v) is 4.31. The summed E-state index contributed by atoms with van der Waals surface area (Å²) >= 11 is 0. The number of ketones is 1. The predicted octanol–water partition coefficient (Wildman–Crippen LogP) is 5.79. The zero-order valence-electron chi connectivity index (χ0n) is 24.3. The molecule has 0 saturated carbocycles. The first kappa shape index (κ1) is 33.0. The molecule has 1 amide bonds. The van der Waals surface area contributed by atoms with Crippen LogP contribution in [0, 0.1) is 0 Å². The van der Waals surface area contributed by atoms with Crippen LogP contribution >= 0.6 is 0 Å². The first-order valence-corrected chi connectivity index (χ1v) is 14.3. The SMILES string of the molecule is NCCCCC(NC(=O)OCc1ccccc1)C(=O)c1noc(Cc2ccc(OCCc3cccc(OC(F)(F)F)c3)cc2)n1. The quantitative estimate of drug-likeness (QED) is 0.117. The second-order valence-electron chi connectivity index (χ2n) is 10.0. The number of nitrogens with one attached hydrogen (secondary N) is 1. The molecule has 0 aliphatic carbocycles. The molecule has 0 bridgehead atoms. The summed E-state index contributed by atoms with van der Waals surface area (Å²) < 4.78 is 57.6. The van der Waals surface area contributed by atoms with E-state index in [0.29, 0.717) is 43.5 Å². The zero-order chi connectivity index (χ0) is 32.1. The molecule has 0 spiro atoms. The third kappa shape index (κ3) is 11.3. The maximum absolute atomic E-state index is 13.2. The van der Waals surface area contributed by atoms with Gasteiger partial charge in [-0.25, -0.2) is 4.79 Å². The van der Waals surface area contributed by atoms with Gasteiger partial charge in [0.25, 0.3) is 0 Å². The van der Waals surface area contributed by atoms with Crippen molar-refractivity contribution < 1.29 is 41.5 Å². The number of hydrogen-bond acceptors (Lipinski definition) is 9. The van der Waals surface area contributed by atoms with Crippen molar-refractivity contribution in [3.05, 3.63) is 107 Å². The van der Waals surface area contributed by atoms with Gasteiger partial charge in [0.2, 0.25) is 17.5 Å². The summed E-state index contributed by atoms with van der Waals surface area (Å²) in [5, 5.41) is 6.44. The molecule has 0 aliphatic rings. The number of rotatable bonds is 16. The highest BCUT2D eigenvalue weighted by molar-refractivity contribution is 5.98. The van der Waals surface area contributed by atoms with Crippen LogP contribution in [0.15, 0.2) is 83.4 Å². The molecule has 1 atom stereocenters. The minimum atomic E-state index is -4.75. The van der Waals surface area contributed by atoms with Crippen molar-refractivity contribution in [1.29, 1.82) is 0 Å². The Morgan fingerprint density at radius 3 is 2.40 bits per heavy atom. The molecule has 1 unspecified atom stereocenters. The van der Waals surface area contributed by atoms with Crippen LogP contribution in [-0.2, 0) is 24.2 Å². The van der Waals surface area contributed by atoms with Gasteiger partial charge in [0.15, 0.2) is 0 Å². The lowest BCUT2D eigenvalue weighted by molar-refractivity contribution is -0.274. The minimum absolute atomic E-state index is 0.0568. The van der Waals surface area contributed by atoms with Gasteiger partial charge in [0.05, 0.1) is 19.1 Å². The third-order valence-corrected chi connectivity index (χ3v) is 6.53. The van der Waals surface area contributed by atoms with Gasteiger partial charge in [-0.2, -0.15) is 4.98 Å². The Balaban J connectivity index is 1.28. The van der Waals surface area contributed by atoms with Crippen LogP contribution in [0.4, 0.5) is 18.0 Å². The van der Waals surface area contributed by atoms with Gasteiger partial charge in [-0.1, -0.05) is 59.8 Å². The molecular weight excluding hydrogens is 593 g/mol. The molecule has 13 heteroatoms. The van der Waals surface area contributed by atoms with Gasteiger partial charge in [-0.3, -0.25) is 4.79 Å². The topological polar surface area (TPSA) is 139 Å². The van der Waals surface area contributed by atoms with E-state index in [4.69, 9.17) is 19.7 Å². The first-order valence-electron chi connectivity index (χ1n) is 14.3. The molecule has 238 valence electrons. The Bertz CT molecular complexity index is 1510. The maximum Gasteiger partial charge on any atom is 0.573 e. The molecular formula is C32H33F3N4O6. The summed E-state index contributed by atoms with van der Waals surface area (Å²) in [4.78, 5) is 29.9. The predicted molar refractivity (Wildman–Crippen MR) is 157 cm³/mol. The number of aromatic nitrogens is 2. The van der Waals surface area contributed by atoms with E-state index in [0.717, 1.165) is 11.1 Å². The maximum atomic E-state index is 13.2. The minimum Gasteiger partial charge on any atom is -0.493 e. The third-order valence-electron chi connectivity index (χ3n) is 6.53. The number of alkyl halides is 3. The molecule has 0 saturated heterocycles. The number of alkyl carbamates (subject to hydrolysis) is 1. The summed E-state index contributed by atoms with van der Waals surface area (Å²) in [5.41, 5.74) is 7.85. The summed E-state index contributed by atoms with van der Waals surface area (Å²) in [7, 11) is 0. The van der Waals surface area contributed by atoms with Crippen LogP contribution in [0.25, 0.3) is 0 Å². The zero-order valence-corrected chi connectivity index (χ0v) is 24.3. The van der Waals surface area contributed by atoms with E-state index >= 15 is 0 Å². The number of nitrogens with zero attached hydrogens (tertiary/aromatic N) is 2. The number of amides is 1. The number of benzene rings is 3. The van der Waals surface area contributed by atoms with E-state index in [1.54, 1.807) is 30.3 Å². The van der Waals surface area contributed by atoms with E-state index < -0.39 is 24.3 Å². The second kappa shape index (κ2) is 16.2. The molecule has 1 aromatic heterocycles. The lowest BCUT2D eigenvalue weighted by Gasteiger charge is -2.16. The van der Waals surface area contributed by atoms with Crippen molar-refractivity contribution in [3.8, 4) is 11.5 Å². The van der Waals surface area contributed by atoms with Crippen molar-refractivity contribution >= 4 is 11.9 Å². The number of Topliss-reactive ketones (excluding diaryl/α,β-unsaturated/α-hetero) is 1. The van der Waals surface area contributed by atoms with Gasteiger partial charge in [0.1, 0.15) is 18.1 Å². The Hall–Kier alpha value is -4.91. The molecule has 0 fully saturated rings. The van der Waals surface area contributed by atoms with E-state index in [1.165, 1.54) is 18.2 Å². The fraction of sp³-hybridized carbons (Fsp3) is 0.312. The van der Waals surface area contributed by atoms with Crippen molar-refractivity contribution in [2.75, 3.05) is 13.2 Å². The number of nitrogens with two attached hydrogens (primary N) is 1. The van der Waals surface area contributed by atoms with E-state index in [1.807, 2.05) is 30.3 Å². The van der Waals surface area contributed by atoms with Gasteiger partial charge in [-0.15, -0.1) is 13.2 Å². The monoisotopic (exact) mass is 626 g/mol. The highest BCUT2D eigenvalue weighted by Gasteiger charge is 2.31. The molecule has 45 heavy (non-hydrogen) atoms. The normalized spacial score (nSPS) is 11.9. The van der Waals surface area contributed by atoms with E-state index in [2.05, 4.69) is 20.2 Å². The lowest BCUT2D eigenvalue weighted by Crippen LogP contribution is -2.41. The largest absolute Gasteiger partial charge is 0.573 e. The Morgan fingerprint density at radius 2 is 1.67 bits per heavy atom. The number of halogens is 3. The Morgan fingerprint density at radius 1 is 0.911 bits per heavy atom. The van der Waals surface area contributed by atoms with Crippen LogP contribution in [0.2, 0.25) is 0 Å². The Kier molecular flexibility index (Phi) is 11.9. The van der Waals surface area contributed by atoms with Crippen LogP contribution in [0.3, 0.4) is 0 Å². The number of hydrogen-bond donors (Lipinski definition) is 2. The summed E-state index contributed by atoms with van der Waals surface area (Å²) in [6, 6.07) is 21.0. The van der Waals surface area contributed by atoms with Crippen molar-refractivity contribution in [2.24, 2.45) is 5.73 Å². The Labute approximate surface area is 257 Å². The molecule has 4 aromatic rings. The van der Waals surface area contributed by atoms with Crippen molar-refractivity contribution in [2.45, 2.75) is 51.1 Å². The van der Waals surface area contributed by atoms with Crippen molar-refractivity contribution in [1.82, 2.24) is 15.5 Å². The molecule has 10 nitrogen and oxygen atoms in total. The van der Waals surface area contributed by atoms with E-state index in [-0.39, 0.29) is 37.1 Å². The highest BCUT2D eigenvalue weighted by atomic mass is 19.4. The number of carbonyl (C=O) groups excluding carboxylic acids is 2.